The summed E-state index contributed by atoms with van der Waals surface area (Å²) in [4.78, 5) is 23.1. The molecule has 1 aromatic rings. The number of hydrogen-bond donors (Lipinski definition) is 3. The number of hydrogen-bond acceptors (Lipinski definition) is 7. The molecule has 1 saturated heterocycles. The molecule has 9 nitrogen and oxygen atoms in total. The zero-order valence-electron chi connectivity index (χ0n) is 13.8. The molecule has 1 unspecified atom stereocenters. The van der Waals surface area contributed by atoms with Crippen molar-refractivity contribution in [2.75, 3.05) is 38.7 Å². The number of nitrogens with one attached hydrogen (secondary N) is 3. The van der Waals surface area contributed by atoms with E-state index < -0.39 is 22.5 Å². The summed E-state index contributed by atoms with van der Waals surface area (Å²) in [6.07, 6.45) is 0.220. The van der Waals surface area contributed by atoms with Crippen molar-refractivity contribution in [2.45, 2.75) is 17.4 Å². The highest BCUT2D eigenvalue weighted by Crippen LogP contribution is 2.16. The van der Waals surface area contributed by atoms with Gasteiger partial charge in [0.25, 0.3) is 0 Å². The summed E-state index contributed by atoms with van der Waals surface area (Å²) in [5.41, 5.74) is 0.350. The Labute approximate surface area is 146 Å². The quantitative estimate of drug-likeness (QED) is 0.550. The Balaban J connectivity index is 1.97. The Morgan fingerprint density at radius 3 is 2.88 bits per heavy atom. The van der Waals surface area contributed by atoms with Gasteiger partial charge in [-0.25, -0.2) is 8.42 Å². The molecule has 0 spiro atoms. The SMILES string of the molecule is COC(=O)CNS(=O)(=O)c1cccc(NC(=O)CC2COCCN2)c1. The number of ether oxygens (including phenoxy) is 2. The van der Waals surface area contributed by atoms with Crippen LogP contribution in [0, 0.1) is 0 Å². The Hall–Kier alpha value is -2.01. The van der Waals surface area contributed by atoms with Crippen molar-refractivity contribution in [3.8, 4) is 0 Å². The minimum absolute atomic E-state index is 0.0617. The van der Waals surface area contributed by atoms with Crippen LogP contribution in [0.2, 0.25) is 0 Å². The predicted octanol–water partition coefficient (Wildman–Crippen LogP) is -0.545. The summed E-state index contributed by atoms with van der Waals surface area (Å²) in [6.45, 7) is 1.30. The molecule has 0 aromatic heterocycles. The molecule has 10 heteroatoms. The van der Waals surface area contributed by atoms with Crippen LogP contribution >= 0.6 is 0 Å². The first kappa shape index (κ1) is 19.3. The van der Waals surface area contributed by atoms with Gasteiger partial charge in [-0.3, -0.25) is 9.59 Å². The van der Waals surface area contributed by atoms with E-state index in [0.29, 0.717) is 25.4 Å². The van der Waals surface area contributed by atoms with E-state index >= 15 is 0 Å². The molecule has 25 heavy (non-hydrogen) atoms. The molecule has 1 heterocycles. The molecule has 1 aromatic carbocycles. The largest absolute Gasteiger partial charge is 0.468 e. The lowest BCUT2D eigenvalue weighted by Crippen LogP contribution is -2.43. The van der Waals surface area contributed by atoms with E-state index in [0.717, 1.165) is 0 Å². The molecule has 1 amide bonds. The summed E-state index contributed by atoms with van der Waals surface area (Å²) in [7, 11) is -2.72. The molecule has 0 bridgehead atoms. The third-order valence-electron chi connectivity index (χ3n) is 3.49. The number of rotatable bonds is 7. The molecule has 0 aliphatic carbocycles. The van der Waals surface area contributed by atoms with Gasteiger partial charge >= 0.3 is 5.97 Å². The highest BCUT2D eigenvalue weighted by molar-refractivity contribution is 7.89. The van der Waals surface area contributed by atoms with E-state index in [1.54, 1.807) is 6.07 Å². The lowest BCUT2D eigenvalue weighted by Gasteiger charge is -2.23. The summed E-state index contributed by atoms with van der Waals surface area (Å²) in [5, 5.41) is 5.83. The maximum Gasteiger partial charge on any atom is 0.320 e. The van der Waals surface area contributed by atoms with Crippen molar-refractivity contribution in [2.24, 2.45) is 0 Å². The molecule has 1 aliphatic rings. The monoisotopic (exact) mass is 371 g/mol. The van der Waals surface area contributed by atoms with Crippen LogP contribution < -0.4 is 15.4 Å². The first-order chi connectivity index (χ1) is 11.9. The van der Waals surface area contributed by atoms with Crippen molar-refractivity contribution in [3.63, 3.8) is 0 Å². The van der Waals surface area contributed by atoms with Crippen LogP contribution in [0.5, 0.6) is 0 Å². The molecule has 138 valence electrons. The minimum Gasteiger partial charge on any atom is -0.468 e. The Kier molecular flexibility index (Phi) is 6.88. The first-order valence-corrected chi connectivity index (χ1v) is 9.16. The third-order valence-corrected chi connectivity index (χ3v) is 4.89. The number of esters is 1. The van der Waals surface area contributed by atoms with Crippen LogP contribution in [0.15, 0.2) is 29.2 Å². The van der Waals surface area contributed by atoms with Crippen LogP contribution in [0.1, 0.15) is 6.42 Å². The zero-order chi connectivity index (χ0) is 18.3. The molecule has 2 rings (SSSR count). The van der Waals surface area contributed by atoms with Gasteiger partial charge in [0.15, 0.2) is 0 Å². The van der Waals surface area contributed by atoms with E-state index in [4.69, 9.17) is 4.74 Å². The fourth-order valence-electron chi connectivity index (χ4n) is 2.24. The average Bonchev–Trinajstić information content (AvgIpc) is 2.60. The van der Waals surface area contributed by atoms with Gasteiger partial charge in [0.05, 0.1) is 25.2 Å². The summed E-state index contributed by atoms with van der Waals surface area (Å²) < 4.78 is 36.1. The molecular weight excluding hydrogens is 350 g/mol. The third kappa shape index (κ3) is 6.09. The van der Waals surface area contributed by atoms with Crippen molar-refractivity contribution < 1.29 is 27.5 Å². The predicted molar refractivity (Wildman–Crippen MR) is 89.5 cm³/mol. The van der Waals surface area contributed by atoms with Crippen LogP contribution in [-0.4, -0.2) is 59.7 Å². The maximum absolute atomic E-state index is 12.1. The summed E-state index contributed by atoms with van der Waals surface area (Å²) >= 11 is 0. The second-order valence-corrected chi connectivity index (χ2v) is 7.17. The Bertz CT molecular complexity index is 716. The first-order valence-electron chi connectivity index (χ1n) is 7.68. The number of carbonyl (C=O) groups excluding carboxylic acids is 2. The molecule has 0 radical (unpaired) electrons. The average molecular weight is 371 g/mol. The van der Waals surface area contributed by atoms with Crippen LogP contribution in [0.3, 0.4) is 0 Å². The topological polar surface area (TPSA) is 123 Å². The number of amides is 1. The van der Waals surface area contributed by atoms with E-state index in [1.807, 2.05) is 0 Å². The number of methoxy groups -OCH3 is 1. The maximum atomic E-state index is 12.1. The van der Waals surface area contributed by atoms with Gasteiger partial charge in [-0.05, 0) is 18.2 Å². The summed E-state index contributed by atoms with van der Waals surface area (Å²) in [6, 6.07) is 5.71. The minimum atomic E-state index is -3.89. The number of morpholine rings is 1. The Morgan fingerprint density at radius 2 is 2.20 bits per heavy atom. The molecule has 3 N–H and O–H groups in total. The van der Waals surface area contributed by atoms with Crippen LogP contribution in [0.4, 0.5) is 5.69 Å². The van der Waals surface area contributed by atoms with Gasteiger partial charge in [-0.1, -0.05) is 6.07 Å². The standard InChI is InChI=1S/C15H21N3O6S/c1-23-15(20)9-17-25(21,22)13-4-2-3-11(7-13)18-14(19)8-12-10-24-6-5-16-12/h2-4,7,12,16-17H,5-6,8-10H2,1H3,(H,18,19). The Morgan fingerprint density at radius 1 is 1.40 bits per heavy atom. The van der Waals surface area contributed by atoms with Gasteiger partial charge in [-0.2, -0.15) is 4.72 Å². The van der Waals surface area contributed by atoms with Crippen molar-refractivity contribution >= 4 is 27.6 Å². The van der Waals surface area contributed by atoms with Gasteiger partial charge in [0.2, 0.25) is 15.9 Å². The van der Waals surface area contributed by atoms with Crippen molar-refractivity contribution in [1.29, 1.82) is 0 Å². The second-order valence-electron chi connectivity index (χ2n) is 5.41. The molecule has 1 aliphatic heterocycles. The van der Waals surface area contributed by atoms with E-state index in [9.17, 15) is 18.0 Å². The second kappa shape index (κ2) is 8.90. The van der Waals surface area contributed by atoms with Crippen molar-refractivity contribution in [3.05, 3.63) is 24.3 Å². The highest BCUT2D eigenvalue weighted by atomic mass is 32.2. The molecule has 1 fully saturated rings. The smallest absolute Gasteiger partial charge is 0.320 e. The van der Waals surface area contributed by atoms with Gasteiger partial charge < -0.3 is 20.1 Å². The molecule has 0 saturated carbocycles. The van der Waals surface area contributed by atoms with Crippen LogP contribution in [0.25, 0.3) is 0 Å². The van der Waals surface area contributed by atoms with E-state index in [2.05, 4.69) is 20.1 Å². The molecule has 1 atom stereocenters. The van der Waals surface area contributed by atoms with E-state index in [-0.39, 0.29) is 23.3 Å². The van der Waals surface area contributed by atoms with Crippen molar-refractivity contribution in [1.82, 2.24) is 10.0 Å². The van der Waals surface area contributed by atoms with Gasteiger partial charge in [-0.15, -0.1) is 0 Å². The number of benzene rings is 1. The number of anilines is 1. The number of sulfonamides is 1. The van der Waals surface area contributed by atoms with E-state index in [1.165, 1.54) is 25.3 Å². The lowest BCUT2D eigenvalue weighted by atomic mass is 10.2. The fourth-order valence-corrected chi connectivity index (χ4v) is 3.25. The van der Waals surface area contributed by atoms with Crippen LogP contribution in [-0.2, 0) is 29.1 Å². The lowest BCUT2D eigenvalue weighted by molar-refractivity contribution is -0.139. The zero-order valence-corrected chi connectivity index (χ0v) is 14.6. The van der Waals surface area contributed by atoms with Gasteiger partial charge in [0, 0.05) is 24.7 Å². The fraction of sp³-hybridized carbons (Fsp3) is 0.467. The summed E-state index contributed by atoms with van der Waals surface area (Å²) in [5.74, 6) is -0.949. The highest BCUT2D eigenvalue weighted by Gasteiger charge is 2.19. The normalized spacial score (nSPS) is 17.7. The van der Waals surface area contributed by atoms with Gasteiger partial charge in [0.1, 0.15) is 6.54 Å². The molecular formula is C15H21N3O6S. The number of carbonyl (C=O) groups is 2.